The highest BCUT2D eigenvalue weighted by Gasteiger charge is 2.17. The number of H-pyrrole nitrogens is 1. The summed E-state index contributed by atoms with van der Waals surface area (Å²) in [6.07, 6.45) is 1.06. The Morgan fingerprint density at radius 3 is 2.87 bits per heavy atom. The summed E-state index contributed by atoms with van der Waals surface area (Å²) in [5, 5.41) is 10.7. The van der Waals surface area contributed by atoms with E-state index >= 15 is 0 Å². The van der Waals surface area contributed by atoms with E-state index in [1.165, 1.54) is 12.1 Å². The van der Waals surface area contributed by atoms with Crippen LogP contribution < -0.4 is 11.3 Å². The quantitative estimate of drug-likeness (QED) is 0.398. The van der Waals surface area contributed by atoms with E-state index in [4.69, 9.17) is 5.73 Å². The number of anilines is 1. The van der Waals surface area contributed by atoms with Gasteiger partial charge in [-0.05, 0) is 12.1 Å². The Kier molecular flexibility index (Phi) is 1.86. The molecule has 76 valence electrons. The largest absolute Gasteiger partial charge is 0.393 e. The van der Waals surface area contributed by atoms with E-state index in [9.17, 15) is 14.9 Å². The fourth-order valence-electron chi connectivity index (χ4n) is 1.31. The summed E-state index contributed by atoms with van der Waals surface area (Å²) in [4.78, 5) is 27.2. The van der Waals surface area contributed by atoms with E-state index in [-0.39, 0.29) is 16.9 Å². The fraction of sp³-hybridized carbons (Fsp3) is 0. The standard InChI is InChI=1S/C8H6N4O3/c9-4-1-2-5-7(8(4)12(14)15)11-6(13)3-10-5/h1-3H,9H2,(H,11,13). The van der Waals surface area contributed by atoms with Crippen molar-refractivity contribution in [2.24, 2.45) is 0 Å². The van der Waals surface area contributed by atoms with Gasteiger partial charge >= 0.3 is 5.69 Å². The van der Waals surface area contributed by atoms with E-state index in [2.05, 4.69) is 9.97 Å². The number of aromatic amines is 1. The molecular weight excluding hydrogens is 200 g/mol. The van der Waals surface area contributed by atoms with Crippen molar-refractivity contribution in [1.82, 2.24) is 9.97 Å². The second-order valence-corrected chi connectivity index (χ2v) is 2.90. The summed E-state index contributed by atoms with van der Waals surface area (Å²) >= 11 is 0. The van der Waals surface area contributed by atoms with Crippen LogP contribution in [0.1, 0.15) is 0 Å². The van der Waals surface area contributed by atoms with Crippen molar-refractivity contribution in [2.75, 3.05) is 5.73 Å². The van der Waals surface area contributed by atoms with Gasteiger partial charge in [-0.25, -0.2) is 4.98 Å². The van der Waals surface area contributed by atoms with Gasteiger partial charge in [0.2, 0.25) is 0 Å². The minimum Gasteiger partial charge on any atom is -0.393 e. The third-order valence-electron chi connectivity index (χ3n) is 1.94. The van der Waals surface area contributed by atoms with Crippen molar-refractivity contribution in [3.05, 3.63) is 38.8 Å². The van der Waals surface area contributed by atoms with E-state index in [1.807, 2.05) is 0 Å². The number of nitrogens with one attached hydrogen (secondary N) is 1. The van der Waals surface area contributed by atoms with Gasteiger partial charge in [-0.2, -0.15) is 0 Å². The third kappa shape index (κ3) is 1.39. The average molecular weight is 206 g/mol. The van der Waals surface area contributed by atoms with Gasteiger partial charge in [0.25, 0.3) is 5.56 Å². The molecule has 0 amide bonds. The lowest BCUT2D eigenvalue weighted by Gasteiger charge is -2.00. The molecule has 0 atom stereocenters. The minimum absolute atomic E-state index is 0.00356. The second kappa shape index (κ2) is 3.05. The van der Waals surface area contributed by atoms with Crippen LogP contribution in [0.2, 0.25) is 0 Å². The van der Waals surface area contributed by atoms with Gasteiger partial charge in [0.15, 0.2) is 0 Å². The molecule has 0 aliphatic heterocycles. The molecule has 0 bridgehead atoms. The molecule has 2 aromatic rings. The maximum atomic E-state index is 11.0. The van der Waals surface area contributed by atoms with Crippen LogP contribution in [0.5, 0.6) is 0 Å². The summed E-state index contributed by atoms with van der Waals surface area (Å²) in [5.41, 5.74) is 5.00. The number of nitrogens with zero attached hydrogens (tertiary/aromatic N) is 2. The van der Waals surface area contributed by atoms with E-state index in [0.717, 1.165) is 6.20 Å². The second-order valence-electron chi connectivity index (χ2n) is 2.90. The van der Waals surface area contributed by atoms with Crippen LogP contribution in [0, 0.1) is 10.1 Å². The van der Waals surface area contributed by atoms with Crippen LogP contribution in [0.4, 0.5) is 11.4 Å². The molecule has 0 fully saturated rings. The zero-order chi connectivity index (χ0) is 11.0. The normalized spacial score (nSPS) is 10.4. The highest BCUT2D eigenvalue weighted by Crippen LogP contribution is 2.27. The Morgan fingerprint density at radius 2 is 2.20 bits per heavy atom. The van der Waals surface area contributed by atoms with Gasteiger partial charge in [-0.3, -0.25) is 14.9 Å². The smallest absolute Gasteiger partial charge is 0.317 e. The third-order valence-corrected chi connectivity index (χ3v) is 1.94. The van der Waals surface area contributed by atoms with Crippen molar-refractivity contribution >= 4 is 22.4 Å². The van der Waals surface area contributed by atoms with Gasteiger partial charge in [-0.1, -0.05) is 0 Å². The highest BCUT2D eigenvalue weighted by atomic mass is 16.6. The number of nitrogens with two attached hydrogens (primary N) is 1. The number of aromatic nitrogens is 2. The molecule has 0 aliphatic rings. The molecule has 2 rings (SSSR count). The molecular formula is C8H6N4O3. The van der Waals surface area contributed by atoms with Crippen LogP contribution >= 0.6 is 0 Å². The van der Waals surface area contributed by atoms with Gasteiger partial charge < -0.3 is 10.7 Å². The Bertz CT molecular complexity index is 604. The van der Waals surface area contributed by atoms with Crippen LogP contribution in [0.25, 0.3) is 11.0 Å². The van der Waals surface area contributed by atoms with Crippen LogP contribution in [-0.4, -0.2) is 14.9 Å². The molecule has 0 aliphatic carbocycles. The van der Waals surface area contributed by atoms with Gasteiger partial charge in [0, 0.05) is 0 Å². The molecule has 1 aromatic carbocycles. The topological polar surface area (TPSA) is 115 Å². The summed E-state index contributed by atoms with van der Waals surface area (Å²) in [6, 6.07) is 2.89. The zero-order valence-electron chi connectivity index (χ0n) is 7.43. The number of hydrogen-bond donors (Lipinski definition) is 2. The van der Waals surface area contributed by atoms with E-state index < -0.39 is 10.5 Å². The Balaban J connectivity index is 2.97. The monoisotopic (exact) mass is 206 g/mol. The molecule has 7 nitrogen and oxygen atoms in total. The lowest BCUT2D eigenvalue weighted by Crippen LogP contribution is -2.07. The molecule has 0 unspecified atom stereocenters. The molecule has 3 N–H and O–H groups in total. The minimum atomic E-state index is -0.644. The maximum absolute atomic E-state index is 11.0. The van der Waals surface area contributed by atoms with Crippen molar-refractivity contribution in [2.45, 2.75) is 0 Å². The first-order chi connectivity index (χ1) is 7.09. The van der Waals surface area contributed by atoms with Crippen molar-refractivity contribution in [3.63, 3.8) is 0 Å². The summed E-state index contributed by atoms with van der Waals surface area (Å²) < 4.78 is 0. The Morgan fingerprint density at radius 1 is 1.47 bits per heavy atom. The number of nitro groups is 1. The molecule has 0 radical (unpaired) electrons. The van der Waals surface area contributed by atoms with Gasteiger partial charge in [0.05, 0.1) is 16.6 Å². The van der Waals surface area contributed by atoms with Crippen LogP contribution in [0.3, 0.4) is 0 Å². The molecule has 1 aromatic heterocycles. The molecule has 0 saturated carbocycles. The number of nitro benzene ring substituents is 1. The first kappa shape index (κ1) is 9.13. The van der Waals surface area contributed by atoms with E-state index in [1.54, 1.807) is 0 Å². The predicted molar refractivity (Wildman–Crippen MR) is 53.4 cm³/mol. The molecule has 0 saturated heterocycles. The van der Waals surface area contributed by atoms with Crippen LogP contribution in [-0.2, 0) is 0 Å². The number of fused-ring (bicyclic) bond motifs is 1. The Labute approximate surface area is 82.7 Å². The van der Waals surface area contributed by atoms with E-state index in [0.29, 0.717) is 5.52 Å². The van der Waals surface area contributed by atoms with Gasteiger partial charge in [-0.15, -0.1) is 0 Å². The maximum Gasteiger partial charge on any atom is 0.317 e. The SMILES string of the molecule is Nc1ccc2ncc(=O)[nH]c2c1[N+](=O)[O-]. The summed E-state index contributed by atoms with van der Waals surface area (Å²) in [5.74, 6) is 0. The zero-order valence-corrected chi connectivity index (χ0v) is 7.43. The lowest BCUT2D eigenvalue weighted by molar-refractivity contribution is -0.382. The number of hydrogen-bond acceptors (Lipinski definition) is 5. The summed E-state index contributed by atoms with van der Waals surface area (Å²) in [7, 11) is 0. The molecule has 1 heterocycles. The highest BCUT2D eigenvalue weighted by molar-refractivity contribution is 5.90. The van der Waals surface area contributed by atoms with Crippen molar-refractivity contribution < 1.29 is 4.92 Å². The fourth-order valence-corrected chi connectivity index (χ4v) is 1.31. The lowest BCUT2D eigenvalue weighted by atomic mass is 10.2. The first-order valence-corrected chi connectivity index (χ1v) is 4.01. The van der Waals surface area contributed by atoms with Gasteiger partial charge in [0.1, 0.15) is 11.2 Å². The molecule has 7 heteroatoms. The first-order valence-electron chi connectivity index (χ1n) is 4.01. The number of nitrogen functional groups attached to an aromatic ring is 1. The average Bonchev–Trinajstić information content (AvgIpc) is 2.16. The number of rotatable bonds is 1. The van der Waals surface area contributed by atoms with Crippen LogP contribution in [0.15, 0.2) is 23.1 Å². The predicted octanol–water partition coefficient (Wildman–Crippen LogP) is 0.413. The Hall–Kier alpha value is -2.44. The van der Waals surface area contributed by atoms with Crippen molar-refractivity contribution in [1.29, 1.82) is 0 Å². The van der Waals surface area contributed by atoms with Crippen molar-refractivity contribution in [3.8, 4) is 0 Å². The number of benzene rings is 1. The summed E-state index contributed by atoms with van der Waals surface area (Å²) in [6.45, 7) is 0. The molecule has 0 spiro atoms. The molecule has 15 heavy (non-hydrogen) atoms.